The Morgan fingerprint density at radius 2 is 1.87 bits per heavy atom. The monoisotopic (exact) mass is 414 g/mol. The summed E-state index contributed by atoms with van der Waals surface area (Å²) in [5.74, 6) is 0.787. The van der Waals surface area contributed by atoms with Crippen molar-refractivity contribution in [3.05, 3.63) is 84.6 Å². The van der Waals surface area contributed by atoms with Gasteiger partial charge in [-0.15, -0.1) is 0 Å². The van der Waals surface area contributed by atoms with E-state index in [1.165, 1.54) is 41.7 Å². The molecular formula is C25H30N6. The fourth-order valence-electron chi connectivity index (χ4n) is 4.62. The van der Waals surface area contributed by atoms with Crippen LogP contribution in [0.3, 0.4) is 0 Å². The van der Waals surface area contributed by atoms with Crippen LogP contribution in [0.5, 0.6) is 0 Å². The molecular weight excluding hydrogens is 384 g/mol. The second-order valence-corrected chi connectivity index (χ2v) is 8.80. The number of rotatable bonds is 9. The topological polar surface area (TPSA) is 42.1 Å². The highest BCUT2D eigenvalue weighted by Crippen LogP contribution is 2.21. The maximum absolute atomic E-state index is 4.20. The Balaban J connectivity index is 1.09. The first-order valence-corrected chi connectivity index (χ1v) is 11.1. The third-order valence-corrected chi connectivity index (χ3v) is 6.22. The van der Waals surface area contributed by atoms with Gasteiger partial charge in [-0.2, -0.15) is 5.10 Å². The zero-order valence-electron chi connectivity index (χ0n) is 18.1. The quantitative estimate of drug-likeness (QED) is 0.421. The molecule has 6 nitrogen and oxygen atoms in total. The van der Waals surface area contributed by atoms with Gasteiger partial charge in [-0.25, -0.2) is 9.67 Å². The van der Waals surface area contributed by atoms with Gasteiger partial charge in [0.25, 0.3) is 0 Å². The number of likely N-dealkylation sites (tertiary alicyclic amines) is 1. The second kappa shape index (κ2) is 9.04. The molecule has 0 unspecified atom stereocenters. The van der Waals surface area contributed by atoms with Crippen LogP contribution in [0.25, 0.3) is 10.9 Å². The molecule has 0 atom stereocenters. The van der Waals surface area contributed by atoms with E-state index in [-0.39, 0.29) is 0 Å². The van der Waals surface area contributed by atoms with Crippen LogP contribution in [0.1, 0.15) is 11.1 Å². The van der Waals surface area contributed by atoms with Gasteiger partial charge in [-0.1, -0.05) is 36.4 Å². The van der Waals surface area contributed by atoms with Crippen LogP contribution in [0.2, 0.25) is 0 Å². The minimum Gasteiger partial charge on any atom is -0.346 e. The van der Waals surface area contributed by atoms with Crippen LogP contribution in [0.15, 0.2) is 73.4 Å². The van der Waals surface area contributed by atoms with Crippen molar-refractivity contribution in [2.24, 2.45) is 5.92 Å². The third-order valence-electron chi connectivity index (χ3n) is 6.22. The Morgan fingerprint density at radius 1 is 1.00 bits per heavy atom. The van der Waals surface area contributed by atoms with E-state index >= 15 is 0 Å². The summed E-state index contributed by atoms with van der Waals surface area (Å²) < 4.78 is 4.22. The summed E-state index contributed by atoms with van der Waals surface area (Å²) in [7, 11) is 2.25. The molecule has 3 heterocycles. The number of hydrogen-bond donors (Lipinski definition) is 0. The van der Waals surface area contributed by atoms with Gasteiger partial charge in [0.15, 0.2) is 0 Å². The van der Waals surface area contributed by atoms with Crippen molar-refractivity contribution in [1.82, 2.24) is 29.1 Å². The fraction of sp³-hybridized carbons (Fsp3) is 0.360. The van der Waals surface area contributed by atoms with E-state index in [4.69, 9.17) is 0 Å². The lowest BCUT2D eigenvalue weighted by Crippen LogP contribution is -2.50. The van der Waals surface area contributed by atoms with Crippen molar-refractivity contribution in [1.29, 1.82) is 0 Å². The van der Waals surface area contributed by atoms with Gasteiger partial charge >= 0.3 is 0 Å². The molecule has 160 valence electrons. The highest BCUT2D eigenvalue weighted by molar-refractivity contribution is 5.80. The van der Waals surface area contributed by atoms with E-state index in [1.54, 1.807) is 12.7 Å². The van der Waals surface area contributed by atoms with E-state index in [1.807, 2.05) is 4.68 Å². The molecule has 2 aromatic carbocycles. The Bertz CT molecular complexity index is 1100. The van der Waals surface area contributed by atoms with Crippen LogP contribution in [0, 0.1) is 5.92 Å². The van der Waals surface area contributed by atoms with Gasteiger partial charge in [0.1, 0.15) is 12.7 Å². The SMILES string of the molecule is CN(CCn1ccc2cc(Cn3cncn3)ccc21)CC1CN(Cc2ccccc2)C1. The highest BCUT2D eigenvalue weighted by atomic mass is 15.3. The zero-order valence-corrected chi connectivity index (χ0v) is 18.1. The highest BCUT2D eigenvalue weighted by Gasteiger charge is 2.27. The molecule has 2 aromatic heterocycles. The summed E-state index contributed by atoms with van der Waals surface area (Å²) in [6.45, 7) is 7.51. The summed E-state index contributed by atoms with van der Waals surface area (Å²) >= 11 is 0. The zero-order chi connectivity index (χ0) is 21.0. The van der Waals surface area contributed by atoms with E-state index in [0.717, 1.165) is 32.1 Å². The van der Waals surface area contributed by atoms with Crippen molar-refractivity contribution in [2.45, 2.75) is 19.6 Å². The molecule has 1 aliphatic heterocycles. The number of aromatic nitrogens is 4. The average molecular weight is 415 g/mol. The minimum atomic E-state index is 0.756. The number of nitrogens with zero attached hydrogens (tertiary/aromatic N) is 6. The summed E-state index contributed by atoms with van der Waals surface area (Å²) in [6, 6.07) is 19.7. The number of hydrogen-bond acceptors (Lipinski definition) is 4. The number of benzene rings is 2. The van der Waals surface area contributed by atoms with Crippen LogP contribution >= 0.6 is 0 Å². The Labute approximate surface area is 183 Å². The van der Waals surface area contributed by atoms with Crippen LogP contribution < -0.4 is 0 Å². The molecule has 0 bridgehead atoms. The summed E-state index contributed by atoms with van der Waals surface area (Å²) in [4.78, 5) is 9.05. The molecule has 1 saturated heterocycles. The average Bonchev–Trinajstić information content (AvgIpc) is 3.41. The standard InChI is InChI=1S/C25H30N6/c1-28(14-23-16-29(17-23)15-21-5-3-2-4-6-21)11-12-30-10-9-24-13-22(7-8-25(24)30)18-31-20-26-19-27-31/h2-10,13,19-20,23H,11-12,14-18H2,1H3. The molecule has 0 spiro atoms. The molecule has 0 radical (unpaired) electrons. The fourth-order valence-corrected chi connectivity index (χ4v) is 4.62. The first-order chi connectivity index (χ1) is 15.2. The Kier molecular flexibility index (Phi) is 5.82. The van der Waals surface area contributed by atoms with Crippen molar-refractivity contribution < 1.29 is 0 Å². The van der Waals surface area contributed by atoms with Gasteiger partial charge in [0.05, 0.1) is 6.54 Å². The largest absolute Gasteiger partial charge is 0.346 e. The number of likely N-dealkylation sites (N-methyl/N-ethyl adjacent to an activating group) is 1. The molecule has 0 N–H and O–H groups in total. The van der Waals surface area contributed by atoms with Gasteiger partial charge in [0.2, 0.25) is 0 Å². The van der Waals surface area contributed by atoms with Crippen molar-refractivity contribution in [2.75, 3.05) is 33.2 Å². The lowest BCUT2D eigenvalue weighted by molar-refractivity contribution is 0.0668. The lowest BCUT2D eigenvalue weighted by atomic mass is 9.98. The third kappa shape index (κ3) is 4.86. The molecule has 31 heavy (non-hydrogen) atoms. The Hall–Kier alpha value is -2.96. The molecule has 0 saturated carbocycles. The molecule has 6 heteroatoms. The summed E-state index contributed by atoms with van der Waals surface area (Å²) in [6.07, 6.45) is 5.55. The van der Waals surface area contributed by atoms with E-state index in [0.29, 0.717) is 0 Å². The molecule has 4 aromatic rings. The van der Waals surface area contributed by atoms with Crippen LogP contribution in [-0.4, -0.2) is 62.4 Å². The molecule has 1 fully saturated rings. The molecule has 0 aliphatic carbocycles. The normalized spacial score (nSPS) is 15.0. The molecule has 5 rings (SSSR count). The van der Waals surface area contributed by atoms with Crippen LogP contribution in [-0.2, 0) is 19.6 Å². The van der Waals surface area contributed by atoms with E-state index in [9.17, 15) is 0 Å². The van der Waals surface area contributed by atoms with Crippen LogP contribution in [0.4, 0.5) is 0 Å². The maximum atomic E-state index is 4.20. The first-order valence-electron chi connectivity index (χ1n) is 11.1. The van der Waals surface area contributed by atoms with E-state index in [2.05, 4.69) is 92.3 Å². The first kappa shape index (κ1) is 20.0. The molecule has 1 aliphatic rings. The van der Waals surface area contributed by atoms with Gasteiger partial charge in [-0.05, 0) is 47.7 Å². The van der Waals surface area contributed by atoms with Crippen molar-refractivity contribution in [3.8, 4) is 0 Å². The summed E-state index contributed by atoms with van der Waals surface area (Å²) in [5.41, 5.74) is 3.96. The predicted molar refractivity (Wildman–Crippen MR) is 124 cm³/mol. The predicted octanol–water partition coefficient (Wildman–Crippen LogP) is 3.34. The maximum Gasteiger partial charge on any atom is 0.137 e. The second-order valence-electron chi connectivity index (χ2n) is 8.80. The minimum absolute atomic E-state index is 0.756. The van der Waals surface area contributed by atoms with E-state index < -0.39 is 0 Å². The lowest BCUT2D eigenvalue weighted by Gasteiger charge is -2.41. The van der Waals surface area contributed by atoms with Crippen molar-refractivity contribution in [3.63, 3.8) is 0 Å². The van der Waals surface area contributed by atoms with Crippen molar-refractivity contribution >= 4 is 10.9 Å². The Morgan fingerprint density at radius 3 is 2.68 bits per heavy atom. The van der Waals surface area contributed by atoms with Gasteiger partial charge in [0, 0.05) is 51.0 Å². The summed E-state index contributed by atoms with van der Waals surface area (Å²) in [5, 5.41) is 5.49. The van der Waals surface area contributed by atoms with Gasteiger partial charge in [-0.3, -0.25) is 4.90 Å². The smallest absolute Gasteiger partial charge is 0.137 e. The van der Waals surface area contributed by atoms with Gasteiger partial charge < -0.3 is 9.47 Å². The molecule has 0 amide bonds. The number of fused-ring (bicyclic) bond motifs is 1.